The highest BCUT2D eigenvalue weighted by Gasteiger charge is 2.56. The molecule has 1 aliphatic carbocycles. The average molecular weight is 371 g/mol. The van der Waals surface area contributed by atoms with Crippen LogP contribution in [0.25, 0.3) is 0 Å². The van der Waals surface area contributed by atoms with Crippen molar-refractivity contribution in [2.75, 3.05) is 13.1 Å². The molecule has 0 amide bonds. The quantitative estimate of drug-likeness (QED) is 0.813. The number of aromatic nitrogens is 4. The normalized spacial score (nSPS) is 21.5. The van der Waals surface area contributed by atoms with Crippen LogP contribution in [0, 0.1) is 12.3 Å². The molecule has 1 N–H and O–H groups in total. The predicted molar refractivity (Wildman–Crippen MR) is 107 cm³/mol. The van der Waals surface area contributed by atoms with E-state index in [9.17, 15) is 0 Å². The number of hydrogen-bond acceptors (Lipinski definition) is 4. The lowest BCUT2D eigenvalue weighted by Crippen LogP contribution is -2.36. The van der Waals surface area contributed by atoms with Crippen LogP contribution >= 0.6 is 0 Å². The van der Waals surface area contributed by atoms with Crippen LogP contribution in [0.1, 0.15) is 63.2 Å². The molecule has 1 saturated carbocycles. The first-order chi connectivity index (χ1) is 13.0. The summed E-state index contributed by atoms with van der Waals surface area (Å²) in [5, 5.41) is 8.27. The van der Waals surface area contributed by atoms with Gasteiger partial charge in [0.15, 0.2) is 0 Å². The molecule has 2 fully saturated rings. The van der Waals surface area contributed by atoms with E-state index in [-0.39, 0.29) is 0 Å². The lowest BCUT2D eigenvalue weighted by Gasteiger charge is -2.29. The predicted octanol–water partition coefficient (Wildman–Crippen LogP) is 3.13. The van der Waals surface area contributed by atoms with Crippen molar-refractivity contribution in [1.29, 1.82) is 0 Å². The van der Waals surface area contributed by atoms with Crippen molar-refractivity contribution in [1.82, 2.24) is 29.5 Å². The number of imidazole rings is 1. The Balaban J connectivity index is 1.56. The maximum absolute atomic E-state index is 4.74. The van der Waals surface area contributed by atoms with Gasteiger partial charge in [-0.3, -0.25) is 9.58 Å². The van der Waals surface area contributed by atoms with E-state index in [4.69, 9.17) is 5.10 Å². The van der Waals surface area contributed by atoms with Crippen molar-refractivity contribution in [2.45, 2.75) is 78.7 Å². The van der Waals surface area contributed by atoms with Gasteiger partial charge in [-0.05, 0) is 65.5 Å². The molecule has 148 valence electrons. The summed E-state index contributed by atoms with van der Waals surface area (Å²) in [6.45, 7) is 13.9. The molecule has 27 heavy (non-hydrogen) atoms. The van der Waals surface area contributed by atoms with Crippen LogP contribution in [0.5, 0.6) is 0 Å². The van der Waals surface area contributed by atoms with Crippen LogP contribution in [0.3, 0.4) is 0 Å². The van der Waals surface area contributed by atoms with Gasteiger partial charge in [0, 0.05) is 49.3 Å². The molecule has 4 rings (SSSR count). The van der Waals surface area contributed by atoms with E-state index in [0.717, 1.165) is 38.4 Å². The van der Waals surface area contributed by atoms with E-state index < -0.39 is 0 Å². The summed E-state index contributed by atoms with van der Waals surface area (Å²) < 4.78 is 4.37. The molecule has 2 aromatic heterocycles. The Morgan fingerprint density at radius 1 is 1.30 bits per heavy atom. The highest BCUT2D eigenvalue weighted by Crippen LogP contribution is 2.56. The van der Waals surface area contributed by atoms with Crippen LogP contribution in [-0.4, -0.2) is 43.4 Å². The molecule has 1 atom stereocenters. The smallest absolute Gasteiger partial charge is 0.122 e. The molecule has 2 aliphatic rings. The van der Waals surface area contributed by atoms with E-state index in [0.29, 0.717) is 17.5 Å². The molecule has 1 saturated heterocycles. The van der Waals surface area contributed by atoms with Gasteiger partial charge >= 0.3 is 0 Å². The van der Waals surface area contributed by atoms with Gasteiger partial charge in [0.2, 0.25) is 0 Å². The fourth-order valence-electron chi connectivity index (χ4n) is 4.70. The maximum Gasteiger partial charge on any atom is 0.122 e. The Morgan fingerprint density at radius 2 is 2.07 bits per heavy atom. The number of aryl methyl sites for hydroxylation is 2. The third kappa shape index (κ3) is 3.69. The highest BCUT2D eigenvalue weighted by atomic mass is 15.3. The minimum atomic E-state index is 0.404. The van der Waals surface area contributed by atoms with Gasteiger partial charge in [0.25, 0.3) is 0 Å². The minimum Gasteiger partial charge on any atom is -0.334 e. The lowest BCUT2D eigenvalue weighted by molar-refractivity contribution is 0.182. The molecule has 0 aromatic carbocycles. The van der Waals surface area contributed by atoms with Gasteiger partial charge in [-0.2, -0.15) is 5.10 Å². The molecular weight excluding hydrogens is 336 g/mol. The summed E-state index contributed by atoms with van der Waals surface area (Å²) in [4.78, 5) is 7.33. The van der Waals surface area contributed by atoms with Crippen molar-refractivity contribution in [2.24, 2.45) is 5.41 Å². The maximum atomic E-state index is 4.74. The Hall–Kier alpha value is -1.66. The van der Waals surface area contributed by atoms with Crippen molar-refractivity contribution in [3.05, 3.63) is 35.7 Å². The second-order valence-corrected chi connectivity index (χ2v) is 8.68. The molecule has 6 heteroatoms. The fraction of sp³-hybridized carbons (Fsp3) is 0.714. The summed E-state index contributed by atoms with van der Waals surface area (Å²) in [6.07, 6.45) is 10.2. The first kappa shape index (κ1) is 18.7. The topological polar surface area (TPSA) is 50.9 Å². The van der Waals surface area contributed by atoms with Crippen LogP contribution in [-0.2, 0) is 19.6 Å². The second-order valence-electron chi connectivity index (χ2n) is 8.68. The number of nitrogens with zero attached hydrogens (tertiary/aromatic N) is 5. The first-order valence-corrected chi connectivity index (χ1v) is 10.5. The average Bonchev–Trinajstić information content (AvgIpc) is 3.00. The first-order valence-electron chi connectivity index (χ1n) is 10.5. The molecule has 6 nitrogen and oxygen atoms in total. The van der Waals surface area contributed by atoms with Crippen molar-refractivity contribution >= 4 is 0 Å². The SMILES string of the molecule is CCn1ccnc1CN(Cc1cn(C(C)C)nc1C)C1CC12CCNCC2. The number of nitrogens with one attached hydrogen (secondary N) is 1. The van der Waals surface area contributed by atoms with Gasteiger partial charge in [0.05, 0.1) is 12.2 Å². The van der Waals surface area contributed by atoms with Crippen molar-refractivity contribution in [3.63, 3.8) is 0 Å². The Bertz CT molecular complexity index is 767. The molecule has 1 unspecified atom stereocenters. The largest absolute Gasteiger partial charge is 0.334 e. The van der Waals surface area contributed by atoms with Crippen molar-refractivity contribution in [3.8, 4) is 0 Å². The second kappa shape index (κ2) is 7.40. The summed E-state index contributed by atoms with van der Waals surface area (Å²) in [6, 6.07) is 1.07. The van der Waals surface area contributed by atoms with Crippen LogP contribution < -0.4 is 5.32 Å². The van der Waals surface area contributed by atoms with Crippen LogP contribution in [0.15, 0.2) is 18.6 Å². The van der Waals surface area contributed by atoms with E-state index in [1.165, 1.54) is 30.7 Å². The number of rotatable bonds is 7. The van der Waals surface area contributed by atoms with Crippen molar-refractivity contribution < 1.29 is 0 Å². The molecule has 3 heterocycles. The van der Waals surface area contributed by atoms with Gasteiger partial charge in [-0.25, -0.2) is 4.98 Å². The van der Waals surface area contributed by atoms with Crippen LogP contribution in [0.4, 0.5) is 0 Å². The monoisotopic (exact) mass is 370 g/mol. The zero-order valence-corrected chi connectivity index (χ0v) is 17.3. The van der Waals surface area contributed by atoms with Gasteiger partial charge in [-0.1, -0.05) is 0 Å². The van der Waals surface area contributed by atoms with Crippen LogP contribution in [0.2, 0.25) is 0 Å². The molecule has 1 spiro atoms. The van der Waals surface area contributed by atoms with E-state index >= 15 is 0 Å². The summed E-state index contributed by atoms with van der Waals surface area (Å²) in [5.41, 5.74) is 3.04. The highest BCUT2D eigenvalue weighted by molar-refractivity contribution is 5.18. The number of hydrogen-bond donors (Lipinski definition) is 1. The molecule has 2 aromatic rings. The third-order valence-electron chi connectivity index (χ3n) is 6.59. The van der Waals surface area contributed by atoms with Gasteiger partial charge < -0.3 is 9.88 Å². The Morgan fingerprint density at radius 3 is 2.74 bits per heavy atom. The Kier molecular flexibility index (Phi) is 5.12. The third-order valence-corrected chi connectivity index (χ3v) is 6.59. The zero-order valence-electron chi connectivity index (χ0n) is 17.3. The summed E-state index contributed by atoms with van der Waals surface area (Å²) in [7, 11) is 0. The van der Waals surface area contributed by atoms with E-state index in [1.807, 2.05) is 6.20 Å². The molecule has 1 aliphatic heterocycles. The standard InChI is InChI=1S/C21H34N6/c1-5-25-11-10-23-20(25)15-26(19-12-21(19)6-8-22-9-7-21)13-18-14-27(16(2)3)24-17(18)4/h10-11,14,16,19,22H,5-9,12-13,15H2,1-4H3. The van der Waals surface area contributed by atoms with Gasteiger partial charge in [-0.15, -0.1) is 0 Å². The minimum absolute atomic E-state index is 0.404. The molecule has 0 radical (unpaired) electrons. The summed E-state index contributed by atoms with van der Waals surface area (Å²) in [5.74, 6) is 1.18. The van der Waals surface area contributed by atoms with E-state index in [2.05, 4.69) is 64.5 Å². The van der Waals surface area contributed by atoms with E-state index in [1.54, 1.807) is 0 Å². The lowest BCUT2D eigenvalue weighted by atomic mass is 9.93. The fourth-order valence-corrected chi connectivity index (χ4v) is 4.70. The Labute approximate surface area is 163 Å². The van der Waals surface area contributed by atoms with Gasteiger partial charge in [0.1, 0.15) is 5.82 Å². The number of piperidine rings is 1. The molecular formula is C21H34N6. The summed E-state index contributed by atoms with van der Waals surface area (Å²) >= 11 is 0. The molecule has 0 bridgehead atoms. The zero-order chi connectivity index (χ0) is 19.0.